The number of anilines is 1. The zero-order valence-corrected chi connectivity index (χ0v) is 9.82. The topological polar surface area (TPSA) is 43.8 Å². The Kier molecular flexibility index (Phi) is 3.38. The van der Waals surface area contributed by atoms with Crippen molar-refractivity contribution in [2.45, 2.75) is 0 Å². The normalized spacial score (nSPS) is 16.1. The smallest absolute Gasteiger partial charge is 0.407 e. The number of hydrogen-bond donors (Lipinski definition) is 1. The Balaban J connectivity index is 2.10. The van der Waals surface area contributed by atoms with Crippen molar-refractivity contribution in [2.24, 2.45) is 0 Å². The van der Waals surface area contributed by atoms with E-state index in [4.69, 9.17) is 16.7 Å². The Bertz CT molecular complexity index is 433. The van der Waals surface area contributed by atoms with E-state index in [9.17, 15) is 9.18 Å². The van der Waals surface area contributed by atoms with Gasteiger partial charge in [-0.1, -0.05) is 11.6 Å². The summed E-state index contributed by atoms with van der Waals surface area (Å²) in [5, 5.41) is 9.28. The Morgan fingerprint density at radius 1 is 1.29 bits per heavy atom. The first-order chi connectivity index (χ1) is 8.08. The Labute approximate surface area is 103 Å². The molecule has 1 fully saturated rings. The molecule has 1 aromatic carbocycles. The number of piperazine rings is 1. The molecule has 0 aliphatic carbocycles. The van der Waals surface area contributed by atoms with Crippen LogP contribution < -0.4 is 4.90 Å². The van der Waals surface area contributed by atoms with Gasteiger partial charge in [-0.2, -0.15) is 0 Å². The molecule has 17 heavy (non-hydrogen) atoms. The van der Waals surface area contributed by atoms with Crippen LogP contribution in [0.15, 0.2) is 18.2 Å². The molecule has 0 spiro atoms. The molecule has 0 saturated carbocycles. The fraction of sp³-hybridized carbons (Fsp3) is 0.364. The summed E-state index contributed by atoms with van der Waals surface area (Å²) < 4.78 is 13.6. The van der Waals surface area contributed by atoms with Crippen molar-refractivity contribution < 1.29 is 14.3 Å². The maximum absolute atomic E-state index is 13.6. The van der Waals surface area contributed by atoms with Crippen LogP contribution in [0.3, 0.4) is 0 Å². The van der Waals surface area contributed by atoms with Gasteiger partial charge < -0.3 is 14.9 Å². The monoisotopic (exact) mass is 258 g/mol. The predicted molar refractivity (Wildman–Crippen MR) is 63.2 cm³/mol. The number of benzene rings is 1. The molecule has 0 unspecified atom stereocenters. The van der Waals surface area contributed by atoms with E-state index in [0.717, 1.165) is 0 Å². The summed E-state index contributed by atoms with van der Waals surface area (Å²) in [4.78, 5) is 13.9. The summed E-state index contributed by atoms with van der Waals surface area (Å²) in [5.74, 6) is -0.335. The minimum absolute atomic E-state index is 0.335. The minimum atomic E-state index is -0.934. The van der Waals surface area contributed by atoms with Crippen LogP contribution in [0.1, 0.15) is 0 Å². The Morgan fingerprint density at radius 2 is 1.94 bits per heavy atom. The van der Waals surface area contributed by atoms with Gasteiger partial charge in [0.25, 0.3) is 0 Å². The van der Waals surface area contributed by atoms with E-state index in [1.165, 1.54) is 17.0 Å². The van der Waals surface area contributed by atoms with Crippen molar-refractivity contribution in [3.8, 4) is 0 Å². The van der Waals surface area contributed by atoms with E-state index in [0.29, 0.717) is 36.9 Å². The van der Waals surface area contributed by atoms with Gasteiger partial charge >= 0.3 is 6.09 Å². The zero-order valence-electron chi connectivity index (χ0n) is 9.07. The molecule has 0 bridgehead atoms. The zero-order chi connectivity index (χ0) is 12.4. The lowest BCUT2D eigenvalue weighted by molar-refractivity contribution is 0.142. The van der Waals surface area contributed by atoms with E-state index in [2.05, 4.69) is 0 Å². The second-order valence-corrected chi connectivity index (χ2v) is 4.29. The van der Waals surface area contributed by atoms with Crippen LogP contribution in [-0.4, -0.2) is 42.3 Å². The second-order valence-electron chi connectivity index (χ2n) is 3.85. The first-order valence-corrected chi connectivity index (χ1v) is 5.63. The number of carboxylic acid groups (broad SMARTS) is 1. The molecular weight excluding hydrogens is 247 g/mol. The van der Waals surface area contributed by atoms with Gasteiger partial charge in [0.15, 0.2) is 0 Å². The van der Waals surface area contributed by atoms with E-state index in [1.54, 1.807) is 11.0 Å². The van der Waals surface area contributed by atoms with Crippen LogP contribution in [0.4, 0.5) is 14.9 Å². The standard InChI is InChI=1S/C11H12ClFN2O2/c12-8-1-2-9(13)10(7-8)14-3-5-15(6-4-14)11(16)17/h1-2,7H,3-6H2,(H,16,17). The highest BCUT2D eigenvalue weighted by atomic mass is 35.5. The summed E-state index contributed by atoms with van der Waals surface area (Å²) >= 11 is 5.82. The van der Waals surface area contributed by atoms with Crippen LogP contribution >= 0.6 is 11.6 Å². The molecule has 0 radical (unpaired) electrons. The molecule has 4 nitrogen and oxygen atoms in total. The predicted octanol–water partition coefficient (Wildman–Crippen LogP) is 2.28. The largest absolute Gasteiger partial charge is 0.465 e. The highest BCUT2D eigenvalue weighted by molar-refractivity contribution is 6.30. The fourth-order valence-electron chi connectivity index (χ4n) is 1.87. The van der Waals surface area contributed by atoms with Crippen molar-refractivity contribution in [2.75, 3.05) is 31.1 Å². The van der Waals surface area contributed by atoms with Gasteiger partial charge in [-0.05, 0) is 18.2 Å². The number of carbonyl (C=O) groups is 1. The molecule has 1 aromatic rings. The molecule has 1 heterocycles. The van der Waals surface area contributed by atoms with Gasteiger partial charge in [0, 0.05) is 31.2 Å². The molecule has 1 aliphatic heterocycles. The van der Waals surface area contributed by atoms with Crippen molar-refractivity contribution in [1.82, 2.24) is 4.90 Å². The molecule has 1 saturated heterocycles. The van der Waals surface area contributed by atoms with Crippen molar-refractivity contribution in [3.05, 3.63) is 29.0 Å². The molecule has 6 heteroatoms. The van der Waals surface area contributed by atoms with Crippen molar-refractivity contribution >= 4 is 23.4 Å². The second kappa shape index (κ2) is 4.79. The van der Waals surface area contributed by atoms with Crippen LogP contribution in [0, 0.1) is 5.82 Å². The maximum atomic E-state index is 13.6. The van der Waals surface area contributed by atoms with E-state index < -0.39 is 6.09 Å². The summed E-state index contributed by atoms with van der Waals surface area (Å²) in [6.07, 6.45) is -0.934. The molecule has 1 amide bonds. The first kappa shape index (κ1) is 12.0. The van der Waals surface area contributed by atoms with Crippen LogP contribution in [-0.2, 0) is 0 Å². The minimum Gasteiger partial charge on any atom is -0.465 e. The fourth-order valence-corrected chi connectivity index (χ4v) is 2.03. The van der Waals surface area contributed by atoms with Gasteiger partial charge in [0.1, 0.15) is 5.82 Å². The van der Waals surface area contributed by atoms with Crippen LogP contribution in [0.25, 0.3) is 0 Å². The van der Waals surface area contributed by atoms with E-state index in [-0.39, 0.29) is 5.82 Å². The third kappa shape index (κ3) is 2.61. The number of rotatable bonds is 1. The van der Waals surface area contributed by atoms with Gasteiger partial charge in [-0.15, -0.1) is 0 Å². The molecular formula is C11H12ClFN2O2. The number of amides is 1. The van der Waals surface area contributed by atoms with Crippen molar-refractivity contribution in [3.63, 3.8) is 0 Å². The molecule has 0 aromatic heterocycles. The highest BCUT2D eigenvalue weighted by Gasteiger charge is 2.22. The lowest BCUT2D eigenvalue weighted by Gasteiger charge is -2.34. The van der Waals surface area contributed by atoms with Gasteiger partial charge in [0.2, 0.25) is 0 Å². The van der Waals surface area contributed by atoms with Gasteiger partial charge in [-0.25, -0.2) is 9.18 Å². The molecule has 2 rings (SSSR count). The number of hydrogen-bond acceptors (Lipinski definition) is 2. The lowest BCUT2D eigenvalue weighted by atomic mass is 10.2. The third-order valence-electron chi connectivity index (χ3n) is 2.80. The average molecular weight is 259 g/mol. The quantitative estimate of drug-likeness (QED) is 0.840. The van der Waals surface area contributed by atoms with E-state index in [1.807, 2.05) is 0 Å². The van der Waals surface area contributed by atoms with Gasteiger partial charge in [0.05, 0.1) is 5.69 Å². The molecule has 1 N–H and O–H groups in total. The Hall–Kier alpha value is -1.49. The SMILES string of the molecule is O=C(O)N1CCN(c2cc(Cl)ccc2F)CC1. The van der Waals surface area contributed by atoms with E-state index >= 15 is 0 Å². The summed E-state index contributed by atoms with van der Waals surface area (Å²) in [6, 6.07) is 4.38. The van der Waals surface area contributed by atoms with Crippen LogP contribution in [0.5, 0.6) is 0 Å². The lowest BCUT2D eigenvalue weighted by Crippen LogP contribution is -2.48. The van der Waals surface area contributed by atoms with Gasteiger partial charge in [-0.3, -0.25) is 0 Å². The number of halogens is 2. The molecule has 0 atom stereocenters. The van der Waals surface area contributed by atoms with Crippen molar-refractivity contribution in [1.29, 1.82) is 0 Å². The summed E-state index contributed by atoms with van der Waals surface area (Å²) in [6.45, 7) is 1.70. The maximum Gasteiger partial charge on any atom is 0.407 e. The number of nitrogens with zero attached hydrogens (tertiary/aromatic N) is 2. The average Bonchev–Trinajstić information content (AvgIpc) is 2.32. The summed E-state index contributed by atoms with van der Waals surface area (Å²) in [7, 11) is 0. The van der Waals surface area contributed by atoms with Crippen LogP contribution in [0.2, 0.25) is 5.02 Å². The first-order valence-electron chi connectivity index (χ1n) is 5.26. The molecule has 92 valence electrons. The molecule has 1 aliphatic rings. The summed E-state index contributed by atoms with van der Waals surface area (Å²) in [5.41, 5.74) is 0.433. The third-order valence-corrected chi connectivity index (χ3v) is 3.03. The Morgan fingerprint density at radius 3 is 2.53 bits per heavy atom. The highest BCUT2D eigenvalue weighted by Crippen LogP contribution is 2.24.